The Kier molecular flexibility index (Phi) is 6.93. The third-order valence-corrected chi connectivity index (χ3v) is 7.56. The Morgan fingerprint density at radius 3 is 2.69 bits per heavy atom. The van der Waals surface area contributed by atoms with Crippen molar-refractivity contribution < 1.29 is 23.5 Å². The van der Waals surface area contributed by atoms with Crippen molar-refractivity contribution in [2.24, 2.45) is 5.73 Å². The van der Waals surface area contributed by atoms with Crippen molar-refractivity contribution in [2.45, 2.75) is 38.2 Å². The van der Waals surface area contributed by atoms with Gasteiger partial charge in [0, 0.05) is 30.1 Å². The number of nitrogens with two attached hydrogens (primary N) is 1. The van der Waals surface area contributed by atoms with Crippen molar-refractivity contribution in [3.8, 4) is 16.9 Å². The van der Waals surface area contributed by atoms with Crippen LogP contribution in [0.1, 0.15) is 23.8 Å². The average Bonchev–Trinajstić information content (AvgIpc) is 3.54. The minimum absolute atomic E-state index is 0.00324. The van der Waals surface area contributed by atoms with Crippen LogP contribution < -0.4 is 20.7 Å². The molecule has 3 atom stereocenters. The molecule has 0 aliphatic carbocycles. The molecule has 3 amide bonds. The number of rotatable bonds is 6. The molecule has 2 aromatic carbocycles. The molecule has 12 nitrogen and oxygen atoms in total. The zero-order chi connectivity index (χ0) is 29.5. The number of alkyl halides is 1. The monoisotopic (exact) mass is 572 g/mol. The first-order valence-corrected chi connectivity index (χ1v) is 13.5. The lowest BCUT2D eigenvalue weighted by molar-refractivity contribution is -0.137. The minimum Gasteiger partial charge on any atom is -0.487 e. The molecule has 2 aliphatic rings. The Hall–Kier alpha value is -5.07. The number of amides is 3. The zero-order valence-electron chi connectivity index (χ0n) is 23.0. The van der Waals surface area contributed by atoms with Crippen molar-refractivity contribution in [3.63, 3.8) is 0 Å². The maximum atomic E-state index is 14.6. The lowest BCUT2D eigenvalue weighted by Gasteiger charge is -2.32. The molecule has 0 bridgehead atoms. The molecule has 3 N–H and O–H groups in total. The highest BCUT2D eigenvalue weighted by Gasteiger charge is 2.40. The van der Waals surface area contributed by atoms with E-state index in [2.05, 4.69) is 20.6 Å². The fraction of sp³-hybridized carbons (Fsp3) is 0.310. The number of primary amides is 1. The first-order valence-electron chi connectivity index (χ1n) is 13.5. The van der Waals surface area contributed by atoms with Gasteiger partial charge >= 0.3 is 0 Å². The molecule has 42 heavy (non-hydrogen) atoms. The third kappa shape index (κ3) is 5.08. The van der Waals surface area contributed by atoms with Gasteiger partial charge in [-0.3, -0.25) is 19.1 Å². The van der Waals surface area contributed by atoms with Crippen molar-refractivity contribution >= 4 is 40.0 Å². The van der Waals surface area contributed by atoms with Gasteiger partial charge in [0.2, 0.25) is 11.8 Å². The molecule has 216 valence electrons. The topological polar surface area (TPSA) is 149 Å². The third-order valence-electron chi connectivity index (χ3n) is 7.56. The number of halogens is 1. The highest BCUT2D eigenvalue weighted by Crippen LogP contribution is 2.35. The van der Waals surface area contributed by atoms with Gasteiger partial charge in [-0.2, -0.15) is 15.3 Å². The number of likely N-dealkylation sites (tertiary alicyclic amines) is 1. The first-order chi connectivity index (χ1) is 20.2. The van der Waals surface area contributed by atoms with E-state index in [1.807, 2.05) is 18.9 Å². The second-order valence-electron chi connectivity index (χ2n) is 10.6. The molecule has 0 saturated carbocycles. The summed E-state index contributed by atoms with van der Waals surface area (Å²) in [6.07, 6.45) is 1.69. The van der Waals surface area contributed by atoms with Gasteiger partial charge in [0.05, 0.1) is 36.7 Å². The molecule has 3 unspecified atom stereocenters. The summed E-state index contributed by atoms with van der Waals surface area (Å²) in [4.78, 5) is 42.2. The predicted octanol–water partition coefficient (Wildman–Crippen LogP) is 2.39. The number of carbonyl (C=O) groups is 3. The number of nitrogens with one attached hydrogen (secondary N) is 1. The van der Waals surface area contributed by atoms with E-state index in [0.29, 0.717) is 28.9 Å². The molecular weight excluding hydrogens is 543 g/mol. The highest BCUT2D eigenvalue weighted by molar-refractivity contribution is 6.05. The fourth-order valence-electron chi connectivity index (χ4n) is 5.61. The zero-order valence-corrected chi connectivity index (χ0v) is 23.0. The lowest BCUT2D eigenvalue weighted by atomic mass is 10.0. The number of likely N-dealkylation sites (N-methyl/N-ethyl adjacent to an activating group) is 1. The summed E-state index contributed by atoms with van der Waals surface area (Å²) < 4.78 is 21.8. The van der Waals surface area contributed by atoms with Gasteiger partial charge in [-0.1, -0.05) is 6.07 Å². The summed E-state index contributed by atoms with van der Waals surface area (Å²) in [5.74, 6) is -1.04. The molecule has 4 aromatic rings. The van der Waals surface area contributed by atoms with E-state index in [4.69, 9.17) is 10.5 Å². The van der Waals surface area contributed by atoms with Gasteiger partial charge in [0.25, 0.3) is 5.91 Å². The van der Waals surface area contributed by atoms with Gasteiger partial charge in [-0.25, -0.2) is 4.39 Å². The number of ether oxygens (including phenoxy) is 1. The van der Waals surface area contributed by atoms with Crippen LogP contribution in [0.25, 0.3) is 22.0 Å². The normalized spacial score (nSPS) is 19.8. The molecule has 0 spiro atoms. The summed E-state index contributed by atoms with van der Waals surface area (Å²) in [6, 6.07) is 11.3. The average molecular weight is 573 g/mol. The molecule has 0 radical (unpaired) electrons. The smallest absolute Gasteiger partial charge is 0.269 e. The number of benzene rings is 2. The van der Waals surface area contributed by atoms with E-state index in [0.717, 1.165) is 16.8 Å². The van der Waals surface area contributed by atoms with E-state index in [1.165, 1.54) is 9.58 Å². The van der Waals surface area contributed by atoms with Gasteiger partial charge in [0.15, 0.2) is 5.69 Å². The van der Waals surface area contributed by atoms with E-state index in [-0.39, 0.29) is 31.3 Å². The van der Waals surface area contributed by atoms with Crippen molar-refractivity contribution in [1.82, 2.24) is 24.9 Å². The van der Waals surface area contributed by atoms with Crippen LogP contribution in [-0.4, -0.2) is 81.1 Å². The molecule has 2 aliphatic heterocycles. The Labute approximate surface area is 240 Å². The Bertz CT molecular complexity index is 1690. The summed E-state index contributed by atoms with van der Waals surface area (Å²) in [6.45, 7) is 2.14. The molecule has 1 saturated heterocycles. The van der Waals surface area contributed by atoms with Crippen LogP contribution in [-0.2, 0) is 16.1 Å². The van der Waals surface area contributed by atoms with Gasteiger partial charge in [0.1, 0.15) is 30.6 Å². The van der Waals surface area contributed by atoms with Crippen molar-refractivity contribution in [3.05, 3.63) is 60.6 Å². The Balaban J connectivity index is 1.22. The van der Waals surface area contributed by atoms with Crippen LogP contribution in [0.2, 0.25) is 0 Å². The maximum absolute atomic E-state index is 14.6. The number of anilines is 2. The Morgan fingerprint density at radius 2 is 1.93 bits per heavy atom. The number of hydrogen-bond acceptors (Lipinski definition) is 8. The first kappa shape index (κ1) is 27.1. The van der Waals surface area contributed by atoms with Crippen LogP contribution in [0.3, 0.4) is 0 Å². The lowest BCUT2D eigenvalue weighted by Crippen LogP contribution is -2.44. The van der Waals surface area contributed by atoms with E-state index in [1.54, 1.807) is 54.9 Å². The molecule has 13 heteroatoms. The summed E-state index contributed by atoms with van der Waals surface area (Å²) in [5, 5.41) is 15.2. The second-order valence-corrected chi connectivity index (χ2v) is 10.6. The van der Waals surface area contributed by atoms with E-state index >= 15 is 0 Å². The van der Waals surface area contributed by atoms with Gasteiger partial charge in [-0.05, 0) is 48.9 Å². The summed E-state index contributed by atoms with van der Waals surface area (Å²) >= 11 is 0. The largest absolute Gasteiger partial charge is 0.487 e. The molecular formula is C29H29FN8O4. The molecule has 4 heterocycles. The summed E-state index contributed by atoms with van der Waals surface area (Å²) in [7, 11) is 1.94. The molecule has 6 rings (SSSR count). The van der Waals surface area contributed by atoms with E-state index in [9.17, 15) is 18.8 Å². The second kappa shape index (κ2) is 10.7. The standard InChI is InChI=1S/C29H29FN8O4/c1-16-13-36(2)23-11-20(4-6-25(23)42-16)34-29(41)24-10-19(30)14-37(24)26(39)15-38-22-5-3-17(18-7-8-32-33-12-18)9-21(22)27(35-38)28(31)40/h3-9,11-12,16,19,24H,10,13-15H2,1-2H3,(H2,31,40)(H,34,41). The van der Waals surface area contributed by atoms with Crippen molar-refractivity contribution in [2.75, 3.05) is 30.4 Å². The van der Waals surface area contributed by atoms with Crippen LogP contribution >= 0.6 is 0 Å². The van der Waals surface area contributed by atoms with Crippen LogP contribution in [0, 0.1) is 0 Å². The number of carbonyl (C=O) groups excluding carboxylic acids is 3. The number of nitrogens with zero attached hydrogens (tertiary/aromatic N) is 6. The number of aromatic nitrogens is 4. The van der Waals surface area contributed by atoms with Crippen LogP contribution in [0.4, 0.5) is 15.8 Å². The predicted molar refractivity (Wildman–Crippen MR) is 153 cm³/mol. The molecule has 1 fully saturated rings. The van der Waals surface area contributed by atoms with E-state index < -0.39 is 29.9 Å². The molecule has 2 aromatic heterocycles. The summed E-state index contributed by atoms with van der Waals surface area (Å²) in [5.41, 5.74) is 8.97. The minimum atomic E-state index is -1.36. The van der Waals surface area contributed by atoms with Crippen molar-refractivity contribution in [1.29, 1.82) is 0 Å². The van der Waals surface area contributed by atoms with Gasteiger partial charge in [-0.15, -0.1) is 0 Å². The SMILES string of the molecule is CC1CN(C)c2cc(NC(=O)C3CC(F)CN3C(=O)Cn3nc(C(N)=O)c4cc(-c5ccnnc5)ccc43)ccc2O1. The quantitative estimate of drug-likeness (QED) is 0.358. The fourth-order valence-corrected chi connectivity index (χ4v) is 5.61. The number of fused-ring (bicyclic) bond motifs is 2. The number of hydrogen-bond donors (Lipinski definition) is 2. The van der Waals surface area contributed by atoms with Crippen LogP contribution in [0.15, 0.2) is 54.9 Å². The van der Waals surface area contributed by atoms with Crippen LogP contribution in [0.5, 0.6) is 5.75 Å². The Morgan fingerprint density at radius 1 is 1.10 bits per heavy atom. The highest BCUT2D eigenvalue weighted by atomic mass is 19.1. The maximum Gasteiger partial charge on any atom is 0.269 e. The van der Waals surface area contributed by atoms with Gasteiger partial charge < -0.3 is 25.6 Å².